The summed E-state index contributed by atoms with van der Waals surface area (Å²) < 4.78 is 41.0. The second-order valence-electron chi connectivity index (χ2n) is 7.51. The van der Waals surface area contributed by atoms with Gasteiger partial charge < -0.3 is 5.11 Å². The second-order valence-corrected chi connectivity index (χ2v) is 9.36. The van der Waals surface area contributed by atoms with Crippen LogP contribution in [0.2, 0.25) is 0 Å². The molecule has 1 saturated heterocycles. The third-order valence-electron chi connectivity index (χ3n) is 5.66. The summed E-state index contributed by atoms with van der Waals surface area (Å²) in [4.78, 5) is -0.244. The summed E-state index contributed by atoms with van der Waals surface area (Å²) in [5.41, 5.74) is 2.61. The lowest BCUT2D eigenvalue weighted by Crippen LogP contribution is -2.65. The highest BCUT2D eigenvalue weighted by Gasteiger charge is 2.55. The van der Waals surface area contributed by atoms with Crippen LogP contribution < -0.4 is 0 Å². The molecule has 1 aliphatic heterocycles. The summed E-state index contributed by atoms with van der Waals surface area (Å²) in [7, 11) is -4.16. The van der Waals surface area contributed by atoms with Crippen LogP contribution in [0.3, 0.4) is 0 Å². The molecule has 0 aliphatic carbocycles. The highest BCUT2D eigenvalue weighted by Crippen LogP contribution is 2.45. The van der Waals surface area contributed by atoms with Crippen LogP contribution in [0.15, 0.2) is 83.8 Å². The van der Waals surface area contributed by atoms with Gasteiger partial charge in [-0.1, -0.05) is 72.8 Å². The Balaban J connectivity index is 1.70. The number of aliphatic hydroxyl groups excluding tert-OH is 1. The monoisotopic (exact) mass is 448 g/mol. The molecule has 0 spiro atoms. The number of hydrogen-bond donors (Lipinski definition) is 1. The van der Waals surface area contributed by atoms with Gasteiger partial charge in [0.25, 0.3) is 0 Å². The summed E-state index contributed by atoms with van der Waals surface area (Å²) in [5.74, 6) is -1.21. The topological polar surface area (TPSA) is 81.4 Å². The highest BCUT2D eigenvalue weighted by atomic mass is 32.2. The molecule has 32 heavy (non-hydrogen) atoms. The van der Waals surface area contributed by atoms with Crippen LogP contribution in [-0.2, 0) is 10.0 Å². The largest absolute Gasteiger partial charge is 0.395 e. The van der Waals surface area contributed by atoms with Crippen molar-refractivity contribution in [3.63, 3.8) is 0 Å². The maximum Gasteiger partial charge on any atom is 0.244 e. The van der Waals surface area contributed by atoms with Gasteiger partial charge in [0.1, 0.15) is 11.9 Å². The predicted molar refractivity (Wildman–Crippen MR) is 120 cm³/mol. The zero-order valence-electron chi connectivity index (χ0n) is 17.0. The van der Waals surface area contributed by atoms with Gasteiger partial charge in [0.05, 0.1) is 23.6 Å². The van der Waals surface area contributed by atoms with E-state index in [-0.39, 0.29) is 4.90 Å². The zero-order chi connectivity index (χ0) is 22.7. The Bertz CT molecular complexity index is 1290. The van der Waals surface area contributed by atoms with Crippen molar-refractivity contribution in [1.82, 2.24) is 4.31 Å². The molecule has 162 valence electrons. The van der Waals surface area contributed by atoms with E-state index in [1.807, 2.05) is 66.7 Å². The number of sulfonamides is 1. The van der Waals surface area contributed by atoms with Gasteiger partial charge in [-0.3, -0.25) is 0 Å². The fourth-order valence-corrected chi connectivity index (χ4v) is 5.92. The fourth-order valence-electron chi connectivity index (χ4n) is 4.13. The Hall–Kier alpha value is -3.31. The Labute approximate surface area is 186 Å². The Morgan fingerprint density at radius 2 is 1.72 bits per heavy atom. The molecule has 4 rings (SSSR count). The molecule has 0 unspecified atom stereocenters. The first-order chi connectivity index (χ1) is 15.5. The maximum absolute atomic E-state index is 13.7. The number of aliphatic hydroxyl groups is 1. The summed E-state index contributed by atoms with van der Waals surface area (Å²) in [6.07, 6.45) is 3.85. The second kappa shape index (κ2) is 9.05. The third-order valence-corrected chi connectivity index (χ3v) is 7.56. The van der Waals surface area contributed by atoms with E-state index in [0.29, 0.717) is 0 Å². The lowest BCUT2D eigenvalue weighted by atomic mass is 9.76. The van der Waals surface area contributed by atoms with E-state index in [9.17, 15) is 23.2 Å². The number of rotatable bonds is 6. The molecular formula is C25H21FN2O3S. The van der Waals surface area contributed by atoms with Gasteiger partial charge in [0.2, 0.25) is 10.0 Å². The molecule has 3 aromatic rings. The number of benzene rings is 3. The number of nitrogens with zero attached hydrogens (tertiary/aromatic N) is 2. The van der Waals surface area contributed by atoms with Crippen LogP contribution in [0.5, 0.6) is 0 Å². The van der Waals surface area contributed by atoms with Crippen LogP contribution >= 0.6 is 0 Å². The van der Waals surface area contributed by atoms with Gasteiger partial charge in [-0.15, -0.1) is 0 Å². The van der Waals surface area contributed by atoms with Crippen molar-refractivity contribution < 1.29 is 17.9 Å². The van der Waals surface area contributed by atoms with Crippen molar-refractivity contribution in [2.45, 2.75) is 22.9 Å². The lowest BCUT2D eigenvalue weighted by molar-refractivity contribution is 0.0556. The highest BCUT2D eigenvalue weighted by molar-refractivity contribution is 7.89. The van der Waals surface area contributed by atoms with Gasteiger partial charge in [0.15, 0.2) is 0 Å². The molecular weight excluding hydrogens is 427 g/mol. The minimum Gasteiger partial charge on any atom is -0.395 e. The quantitative estimate of drug-likeness (QED) is 0.577. The summed E-state index contributed by atoms with van der Waals surface area (Å²) in [6.45, 7) is -0.464. The first-order valence-electron chi connectivity index (χ1n) is 10.1. The summed E-state index contributed by atoms with van der Waals surface area (Å²) in [5, 5.41) is 19.9. The standard InChI is InChI=1S/C25H21FN2O3S/c26-20-10-6-11-21(15-20)32(30,31)28-23(16-27)25(24(28)17-29)22-12-5-4-9-19(22)14-13-18-7-2-1-3-8-18/h1-15,23-25,29H,17H2/b14-13+/t23-,24+,25+/m0/s1. The number of halogens is 1. The smallest absolute Gasteiger partial charge is 0.244 e. The van der Waals surface area contributed by atoms with Crippen LogP contribution in [0.25, 0.3) is 12.2 Å². The van der Waals surface area contributed by atoms with Gasteiger partial charge in [-0.05, 0) is 34.9 Å². The molecule has 0 amide bonds. The van der Waals surface area contributed by atoms with E-state index in [4.69, 9.17) is 0 Å². The molecule has 0 saturated carbocycles. The van der Waals surface area contributed by atoms with E-state index in [2.05, 4.69) is 6.07 Å². The predicted octanol–water partition coefficient (Wildman–Crippen LogP) is 4.04. The zero-order valence-corrected chi connectivity index (χ0v) is 17.9. The molecule has 1 fully saturated rings. The third kappa shape index (κ3) is 3.96. The van der Waals surface area contributed by atoms with Crippen molar-refractivity contribution in [2.24, 2.45) is 0 Å². The molecule has 0 aromatic heterocycles. The van der Waals surface area contributed by atoms with Crippen molar-refractivity contribution in [1.29, 1.82) is 5.26 Å². The van der Waals surface area contributed by atoms with E-state index >= 15 is 0 Å². The minimum absolute atomic E-state index is 0.244. The van der Waals surface area contributed by atoms with Gasteiger partial charge in [0, 0.05) is 5.92 Å². The van der Waals surface area contributed by atoms with Gasteiger partial charge in [-0.25, -0.2) is 12.8 Å². The van der Waals surface area contributed by atoms with E-state index in [1.165, 1.54) is 12.1 Å². The van der Waals surface area contributed by atoms with Crippen LogP contribution in [0.4, 0.5) is 4.39 Å². The normalized spacial score (nSPS) is 21.2. The van der Waals surface area contributed by atoms with Crippen LogP contribution in [0.1, 0.15) is 22.6 Å². The van der Waals surface area contributed by atoms with Gasteiger partial charge >= 0.3 is 0 Å². The molecule has 3 atom stereocenters. The minimum atomic E-state index is -4.16. The van der Waals surface area contributed by atoms with Crippen molar-refractivity contribution in [3.8, 4) is 6.07 Å². The molecule has 3 aromatic carbocycles. The molecule has 1 heterocycles. The molecule has 1 aliphatic rings. The molecule has 7 heteroatoms. The Morgan fingerprint density at radius 3 is 2.41 bits per heavy atom. The van der Waals surface area contributed by atoms with Crippen molar-refractivity contribution in [3.05, 3.63) is 101 Å². The first-order valence-corrected chi connectivity index (χ1v) is 11.5. The first kappa shape index (κ1) is 21.9. The average Bonchev–Trinajstić information content (AvgIpc) is 2.79. The molecule has 5 nitrogen and oxygen atoms in total. The van der Waals surface area contributed by atoms with Gasteiger partial charge in [-0.2, -0.15) is 9.57 Å². The fraction of sp³-hybridized carbons (Fsp3) is 0.160. The van der Waals surface area contributed by atoms with Crippen LogP contribution in [-0.4, -0.2) is 36.5 Å². The van der Waals surface area contributed by atoms with E-state index in [0.717, 1.165) is 33.1 Å². The SMILES string of the molecule is N#C[C@H]1[C@@H](c2ccccc2/C=C/c2ccccc2)[C@@H](CO)N1S(=O)(=O)c1cccc(F)c1. The van der Waals surface area contributed by atoms with Crippen molar-refractivity contribution in [2.75, 3.05) is 6.61 Å². The molecule has 0 radical (unpaired) electrons. The lowest BCUT2D eigenvalue weighted by Gasteiger charge is -2.50. The van der Waals surface area contributed by atoms with Crippen molar-refractivity contribution >= 4 is 22.2 Å². The summed E-state index contributed by atoms with van der Waals surface area (Å²) in [6, 6.07) is 22.0. The Kier molecular flexibility index (Phi) is 6.19. The van der Waals surface area contributed by atoms with E-state index < -0.39 is 40.4 Å². The molecule has 1 N–H and O–H groups in total. The maximum atomic E-state index is 13.7. The average molecular weight is 449 g/mol. The van der Waals surface area contributed by atoms with E-state index in [1.54, 1.807) is 0 Å². The summed E-state index contributed by atoms with van der Waals surface area (Å²) >= 11 is 0. The Morgan fingerprint density at radius 1 is 1.00 bits per heavy atom. The number of nitriles is 1. The molecule has 0 bridgehead atoms. The number of hydrogen-bond acceptors (Lipinski definition) is 4. The van der Waals surface area contributed by atoms with Crippen LogP contribution in [0, 0.1) is 17.1 Å².